The van der Waals surface area contributed by atoms with Gasteiger partial charge in [0, 0.05) is 17.5 Å². The Balaban J connectivity index is 1.99. The molecule has 0 spiro atoms. The van der Waals surface area contributed by atoms with E-state index < -0.39 is 0 Å². The minimum atomic E-state index is -0.0948. The number of nitrogens with one attached hydrogen (secondary N) is 1. The van der Waals surface area contributed by atoms with E-state index >= 15 is 0 Å². The molecule has 3 N–H and O–H groups in total. The Morgan fingerprint density at radius 1 is 1.58 bits per heavy atom. The number of carbonyl (C=O) groups is 1. The molecule has 1 amide bonds. The van der Waals surface area contributed by atoms with Crippen molar-refractivity contribution in [2.24, 2.45) is 11.7 Å². The predicted molar refractivity (Wildman–Crippen MR) is 76.6 cm³/mol. The zero-order chi connectivity index (χ0) is 13.8. The summed E-state index contributed by atoms with van der Waals surface area (Å²) in [5.74, 6) is 1.04. The summed E-state index contributed by atoms with van der Waals surface area (Å²) in [4.78, 5) is 11.9. The number of ether oxygens (including phenoxy) is 1. The van der Waals surface area contributed by atoms with Crippen LogP contribution in [0.15, 0.2) is 18.2 Å². The first-order valence-electron chi connectivity index (χ1n) is 6.58. The van der Waals surface area contributed by atoms with Gasteiger partial charge in [-0.05, 0) is 43.9 Å². The van der Waals surface area contributed by atoms with Crippen molar-refractivity contribution < 1.29 is 9.53 Å². The van der Waals surface area contributed by atoms with Crippen molar-refractivity contribution in [2.45, 2.75) is 32.2 Å². The van der Waals surface area contributed by atoms with Gasteiger partial charge in [0.1, 0.15) is 5.75 Å². The molecule has 1 aliphatic rings. The van der Waals surface area contributed by atoms with E-state index in [4.69, 9.17) is 22.1 Å². The maximum absolute atomic E-state index is 11.9. The quantitative estimate of drug-likeness (QED) is 0.843. The average molecular weight is 283 g/mol. The minimum Gasteiger partial charge on any atom is -0.492 e. The summed E-state index contributed by atoms with van der Waals surface area (Å²) in [5, 5.41) is 3.38. The van der Waals surface area contributed by atoms with Crippen molar-refractivity contribution in [3.8, 4) is 5.75 Å². The molecule has 5 heteroatoms. The molecule has 1 saturated carbocycles. The molecule has 0 radical (unpaired) electrons. The molecule has 1 fully saturated rings. The SMILES string of the molecule is CCOc1ccc(Cl)cc1NC(=O)CC(N)C1CC1. The number of amides is 1. The third kappa shape index (κ3) is 4.11. The van der Waals surface area contributed by atoms with Crippen molar-refractivity contribution in [2.75, 3.05) is 11.9 Å². The van der Waals surface area contributed by atoms with Crippen LogP contribution < -0.4 is 15.8 Å². The van der Waals surface area contributed by atoms with Crippen molar-refractivity contribution in [1.82, 2.24) is 0 Å². The topological polar surface area (TPSA) is 64.3 Å². The second-order valence-electron chi connectivity index (χ2n) is 4.83. The van der Waals surface area contributed by atoms with E-state index in [2.05, 4.69) is 5.32 Å². The van der Waals surface area contributed by atoms with Gasteiger partial charge in [-0.1, -0.05) is 11.6 Å². The Bertz CT molecular complexity index is 461. The summed E-state index contributed by atoms with van der Waals surface area (Å²) in [6.45, 7) is 2.43. The minimum absolute atomic E-state index is 0.0465. The fourth-order valence-corrected chi connectivity index (χ4v) is 2.16. The molecule has 1 aromatic rings. The number of benzene rings is 1. The maximum Gasteiger partial charge on any atom is 0.226 e. The largest absolute Gasteiger partial charge is 0.492 e. The van der Waals surface area contributed by atoms with Crippen LogP contribution in [0.2, 0.25) is 5.02 Å². The fourth-order valence-electron chi connectivity index (χ4n) is 1.99. The molecule has 0 aromatic heterocycles. The number of carbonyl (C=O) groups excluding carboxylic acids is 1. The van der Waals surface area contributed by atoms with Crippen LogP contribution in [0.4, 0.5) is 5.69 Å². The van der Waals surface area contributed by atoms with Crippen LogP contribution in [-0.2, 0) is 4.79 Å². The molecular weight excluding hydrogens is 264 g/mol. The Morgan fingerprint density at radius 2 is 2.32 bits per heavy atom. The lowest BCUT2D eigenvalue weighted by atomic mass is 10.1. The summed E-state index contributed by atoms with van der Waals surface area (Å²) in [7, 11) is 0. The molecule has 4 nitrogen and oxygen atoms in total. The van der Waals surface area contributed by atoms with E-state index in [-0.39, 0.29) is 11.9 Å². The number of rotatable bonds is 6. The zero-order valence-electron chi connectivity index (χ0n) is 11.0. The first-order chi connectivity index (χ1) is 9.10. The summed E-state index contributed by atoms with van der Waals surface area (Å²) in [5.41, 5.74) is 6.54. The number of hydrogen-bond donors (Lipinski definition) is 2. The van der Waals surface area contributed by atoms with Crippen LogP contribution in [0.25, 0.3) is 0 Å². The van der Waals surface area contributed by atoms with Crippen molar-refractivity contribution in [1.29, 1.82) is 0 Å². The smallest absolute Gasteiger partial charge is 0.226 e. The molecule has 0 saturated heterocycles. The maximum atomic E-state index is 11.9. The summed E-state index contributed by atoms with van der Waals surface area (Å²) in [6, 6.07) is 5.13. The molecular formula is C14H19ClN2O2. The molecule has 2 rings (SSSR count). The lowest BCUT2D eigenvalue weighted by Crippen LogP contribution is -2.29. The molecule has 1 atom stereocenters. The van der Waals surface area contributed by atoms with Crippen molar-refractivity contribution >= 4 is 23.2 Å². The second kappa shape index (κ2) is 6.26. The monoisotopic (exact) mass is 282 g/mol. The van der Waals surface area contributed by atoms with E-state index in [1.807, 2.05) is 6.92 Å². The summed E-state index contributed by atoms with van der Waals surface area (Å²) in [6.07, 6.45) is 2.61. The Kier molecular flexibility index (Phi) is 4.66. The van der Waals surface area contributed by atoms with Gasteiger partial charge in [-0.15, -0.1) is 0 Å². The van der Waals surface area contributed by atoms with E-state index in [1.165, 1.54) is 0 Å². The zero-order valence-corrected chi connectivity index (χ0v) is 11.7. The number of halogens is 1. The summed E-state index contributed by atoms with van der Waals surface area (Å²) < 4.78 is 5.45. The fraction of sp³-hybridized carbons (Fsp3) is 0.500. The predicted octanol–water partition coefficient (Wildman–Crippen LogP) is 2.80. The standard InChI is InChI=1S/C14H19ClN2O2/c1-2-19-13-6-5-10(15)7-12(13)17-14(18)8-11(16)9-3-4-9/h5-7,9,11H,2-4,8,16H2,1H3,(H,17,18). The van der Waals surface area contributed by atoms with Gasteiger partial charge < -0.3 is 15.8 Å². The molecule has 0 aliphatic heterocycles. The second-order valence-corrected chi connectivity index (χ2v) is 5.26. The molecule has 0 bridgehead atoms. The molecule has 19 heavy (non-hydrogen) atoms. The van der Waals surface area contributed by atoms with Crippen LogP contribution in [0.3, 0.4) is 0 Å². The van der Waals surface area contributed by atoms with Crippen LogP contribution >= 0.6 is 11.6 Å². The van der Waals surface area contributed by atoms with Crippen LogP contribution in [0.1, 0.15) is 26.2 Å². The number of nitrogens with two attached hydrogens (primary N) is 1. The van der Waals surface area contributed by atoms with Crippen molar-refractivity contribution in [3.05, 3.63) is 23.2 Å². The van der Waals surface area contributed by atoms with E-state index in [9.17, 15) is 4.79 Å². The highest BCUT2D eigenvalue weighted by Crippen LogP contribution is 2.33. The normalized spacial score (nSPS) is 15.9. The third-order valence-electron chi connectivity index (χ3n) is 3.16. The van der Waals surface area contributed by atoms with Gasteiger partial charge in [-0.2, -0.15) is 0 Å². The van der Waals surface area contributed by atoms with Crippen LogP contribution in [0, 0.1) is 5.92 Å². The lowest BCUT2D eigenvalue weighted by molar-refractivity contribution is -0.116. The lowest BCUT2D eigenvalue weighted by Gasteiger charge is -2.14. The highest BCUT2D eigenvalue weighted by molar-refractivity contribution is 6.31. The first kappa shape index (κ1) is 14.2. The molecule has 1 unspecified atom stereocenters. The Labute approximate surface area is 118 Å². The molecule has 1 aromatic carbocycles. The Morgan fingerprint density at radius 3 is 2.95 bits per heavy atom. The Hall–Kier alpha value is -1.26. The highest BCUT2D eigenvalue weighted by atomic mass is 35.5. The van der Waals surface area contributed by atoms with Crippen LogP contribution in [0.5, 0.6) is 5.75 Å². The van der Waals surface area contributed by atoms with E-state index in [1.54, 1.807) is 18.2 Å². The first-order valence-corrected chi connectivity index (χ1v) is 6.95. The van der Waals surface area contributed by atoms with Gasteiger partial charge in [0.15, 0.2) is 0 Å². The van der Waals surface area contributed by atoms with Gasteiger partial charge in [0.05, 0.1) is 12.3 Å². The van der Waals surface area contributed by atoms with Crippen LogP contribution in [-0.4, -0.2) is 18.6 Å². The van der Waals surface area contributed by atoms with E-state index in [0.29, 0.717) is 35.4 Å². The van der Waals surface area contributed by atoms with Gasteiger partial charge in [0.25, 0.3) is 0 Å². The van der Waals surface area contributed by atoms with Gasteiger partial charge in [-0.3, -0.25) is 4.79 Å². The molecule has 1 aliphatic carbocycles. The third-order valence-corrected chi connectivity index (χ3v) is 3.40. The number of anilines is 1. The molecule has 104 valence electrons. The van der Waals surface area contributed by atoms with Crippen molar-refractivity contribution in [3.63, 3.8) is 0 Å². The van der Waals surface area contributed by atoms with E-state index in [0.717, 1.165) is 12.8 Å². The van der Waals surface area contributed by atoms with Gasteiger partial charge in [-0.25, -0.2) is 0 Å². The summed E-state index contributed by atoms with van der Waals surface area (Å²) >= 11 is 5.94. The highest BCUT2D eigenvalue weighted by Gasteiger charge is 2.29. The average Bonchev–Trinajstić information content (AvgIpc) is 3.16. The molecule has 0 heterocycles. The van der Waals surface area contributed by atoms with Gasteiger partial charge in [0.2, 0.25) is 5.91 Å². The number of hydrogen-bond acceptors (Lipinski definition) is 3. The van der Waals surface area contributed by atoms with Gasteiger partial charge >= 0.3 is 0 Å².